The van der Waals surface area contributed by atoms with Crippen LogP contribution in [0.3, 0.4) is 0 Å². The fourth-order valence-electron chi connectivity index (χ4n) is 3.91. The molecule has 2 amide bonds. The van der Waals surface area contributed by atoms with Gasteiger partial charge in [-0.3, -0.25) is 4.98 Å². The summed E-state index contributed by atoms with van der Waals surface area (Å²) in [5, 5.41) is 2.59. The van der Waals surface area contributed by atoms with Crippen molar-refractivity contribution in [3.63, 3.8) is 0 Å². The molecule has 0 radical (unpaired) electrons. The van der Waals surface area contributed by atoms with Crippen molar-refractivity contribution in [1.29, 1.82) is 0 Å². The Morgan fingerprint density at radius 3 is 2.68 bits per heavy atom. The van der Waals surface area contributed by atoms with Gasteiger partial charge in [-0.25, -0.2) is 14.2 Å². The Morgan fingerprint density at radius 1 is 1.06 bits per heavy atom. The molecule has 0 aliphatic carbocycles. The molecule has 0 saturated carbocycles. The third-order valence-electron chi connectivity index (χ3n) is 5.46. The van der Waals surface area contributed by atoms with Gasteiger partial charge in [-0.05, 0) is 42.0 Å². The molecule has 1 fully saturated rings. The summed E-state index contributed by atoms with van der Waals surface area (Å²) in [6.07, 6.45) is 1.76. The SMILES string of the molecule is NC(=O)Nc1cccc(Oc2ccc3ncc(N4CCOCC4)nc3c2)c1-c1cccc(F)c1. The van der Waals surface area contributed by atoms with Crippen LogP contribution in [0.2, 0.25) is 0 Å². The molecule has 5 rings (SSSR count). The number of nitrogens with one attached hydrogen (secondary N) is 1. The molecule has 34 heavy (non-hydrogen) atoms. The molecular formula is C25H22FN5O3. The second-order valence-corrected chi connectivity index (χ2v) is 7.76. The van der Waals surface area contributed by atoms with E-state index >= 15 is 0 Å². The van der Waals surface area contributed by atoms with E-state index in [4.69, 9.17) is 20.2 Å². The normalized spacial score (nSPS) is 13.6. The number of hydrogen-bond donors (Lipinski definition) is 2. The Hall–Kier alpha value is -4.24. The van der Waals surface area contributed by atoms with Crippen LogP contribution in [0, 0.1) is 5.82 Å². The molecule has 3 aromatic carbocycles. The Kier molecular flexibility index (Phi) is 5.92. The first-order valence-electron chi connectivity index (χ1n) is 10.8. The zero-order valence-corrected chi connectivity index (χ0v) is 18.2. The van der Waals surface area contributed by atoms with Crippen LogP contribution >= 0.6 is 0 Å². The first-order chi connectivity index (χ1) is 16.6. The molecule has 172 valence electrons. The fourth-order valence-corrected chi connectivity index (χ4v) is 3.91. The summed E-state index contributed by atoms with van der Waals surface area (Å²) in [6, 6.07) is 15.9. The first kappa shape index (κ1) is 21.6. The van der Waals surface area contributed by atoms with Gasteiger partial charge in [0.2, 0.25) is 0 Å². The van der Waals surface area contributed by atoms with Crippen molar-refractivity contribution < 1.29 is 18.7 Å². The van der Waals surface area contributed by atoms with Gasteiger partial charge in [0.05, 0.1) is 36.1 Å². The lowest BCUT2D eigenvalue weighted by atomic mass is 10.0. The molecule has 3 N–H and O–H groups in total. The minimum atomic E-state index is -0.730. The predicted molar refractivity (Wildman–Crippen MR) is 128 cm³/mol. The van der Waals surface area contributed by atoms with Gasteiger partial charge in [-0.1, -0.05) is 18.2 Å². The molecule has 4 aromatic rings. The number of nitrogens with zero attached hydrogens (tertiary/aromatic N) is 3. The van der Waals surface area contributed by atoms with Gasteiger partial charge >= 0.3 is 6.03 Å². The highest BCUT2D eigenvalue weighted by Crippen LogP contribution is 2.39. The molecule has 1 saturated heterocycles. The number of carbonyl (C=O) groups is 1. The average molecular weight is 459 g/mol. The lowest BCUT2D eigenvalue weighted by molar-refractivity contribution is 0.122. The average Bonchev–Trinajstić information content (AvgIpc) is 2.84. The van der Waals surface area contributed by atoms with Crippen molar-refractivity contribution in [1.82, 2.24) is 9.97 Å². The maximum absolute atomic E-state index is 14.0. The largest absolute Gasteiger partial charge is 0.457 e. The molecule has 1 aliphatic rings. The number of amides is 2. The van der Waals surface area contributed by atoms with Crippen molar-refractivity contribution in [3.8, 4) is 22.6 Å². The van der Waals surface area contributed by atoms with E-state index in [9.17, 15) is 9.18 Å². The summed E-state index contributed by atoms with van der Waals surface area (Å²) >= 11 is 0. The Labute approximate surface area is 195 Å². The highest BCUT2D eigenvalue weighted by Gasteiger charge is 2.16. The molecule has 0 unspecified atom stereocenters. The number of primary amides is 1. The minimum absolute atomic E-state index is 0.408. The molecule has 1 aliphatic heterocycles. The highest BCUT2D eigenvalue weighted by atomic mass is 19.1. The molecule has 2 heterocycles. The number of fused-ring (bicyclic) bond motifs is 1. The van der Waals surface area contributed by atoms with Crippen molar-refractivity contribution in [3.05, 3.63) is 72.7 Å². The Bertz CT molecular complexity index is 1360. The number of nitrogens with two attached hydrogens (primary N) is 1. The standard InChI is InChI=1S/C25H22FN5O3/c26-17-4-1-3-16(13-17)24-20(30-25(27)32)5-2-6-22(24)34-18-7-8-19-21(14-18)29-23(15-28-19)31-9-11-33-12-10-31/h1-8,13-15H,9-12H2,(H3,27,30,32). The summed E-state index contributed by atoms with van der Waals surface area (Å²) in [7, 11) is 0. The van der Waals surface area contributed by atoms with E-state index in [2.05, 4.69) is 15.2 Å². The van der Waals surface area contributed by atoms with Crippen molar-refractivity contribution in [2.75, 3.05) is 36.5 Å². The smallest absolute Gasteiger partial charge is 0.316 e. The van der Waals surface area contributed by atoms with Gasteiger partial charge in [0.25, 0.3) is 0 Å². The van der Waals surface area contributed by atoms with Crippen LogP contribution in [0.15, 0.2) is 66.9 Å². The Balaban J connectivity index is 1.53. The number of carbonyl (C=O) groups excluding carboxylic acids is 1. The fraction of sp³-hybridized carbons (Fsp3) is 0.160. The molecule has 8 nitrogen and oxygen atoms in total. The van der Waals surface area contributed by atoms with Gasteiger partial charge < -0.3 is 25.4 Å². The van der Waals surface area contributed by atoms with E-state index in [0.717, 1.165) is 24.4 Å². The van der Waals surface area contributed by atoms with Crippen LogP contribution in [-0.4, -0.2) is 42.3 Å². The quantitative estimate of drug-likeness (QED) is 0.454. The number of benzene rings is 3. The molecule has 0 atom stereocenters. The monoisotopic (exact) mass is 459 g/mol. The number of rotatable bonds is 5. The van der Waals surface area contributed by atoms with Gasteiger partial charge in [-0.15, -0.1) is 0 Å². The van der Waals surface area contributed by atoms with Gasteiger partial charge in [0.1, 0.15) is 23.1 Å². The zero-order valence-electron chi connectivity index (χ0n) is 18.2. The van der Waals surface area contributed by atoms with E-state index < -0.39 is 11.8 Å². The Morgan fingerprint density at radius 2 is 1.88 bits per heavy atom. The van der Waals surface area contributed by atoms with Gasteiger partial charge in [0.15, 0.2) is 0 Å². The number of ether oxygens (including phenoxy) is 2. The summed E-state index contributed by atoms with van der Waals surface area (Å²) in [5.74, 6) is 1.32. The van der Waals surface area contributed by atoms with Gasteiger partial charge in [0, 0.05) is 24.7 Å². The van der Waals surface area contributed by atoms with Crippen molar-refractivity contribution in [2.45, 2.75) is 0 Å². The van der Waals surface area contributed by atoms with Crippen molar-refractivity contribution >= 4 is 28.6 Å². The number of aromatic nitrogens is 2. The van der Waals surface area contributed by atoms with E-state index in [1.807, 2.05) is 6.07 Å². The van der Waals surface area contributed by atoms with E-state index in [0.29, 0.717) is 47.0 Å². The summed E-state index contributed by atoms with van der Waals surface area (Å²) in [6.45, 7) is 2.82. The summed E-state index contributed by atoms with van der Waals surface area (Å²) in [4.78, 5) is 23.0. The summed E-state index contributed by atoms with van der Waals surface area (Å²) < 4.78 is 25.6. The molecule has 9 heteroatoms. The second kappa shape index (κ2) is 9.32. The maximum atomic E-state index is 14.0. The third kappa shape index (κ3) is 4.60. The molecule has 0 spiro atoms. The lowest BCUT2D eigenvalue weighted by Crippen LogP contribution is -2.36. The highest BCUT2D eigenvalue weighted by molar-refractivity contribution is 5.95. The zero-order chi connectivity index (χ0) is 23.5. The van der Waals surface area contributed by atoms with E-state index in [1.165, 1.54) is 12.1 Å². The van der Waals surface area contributed by atoms with Crippen LogP contribution in [0.4, 0.5) is 20.7 Å². The van der Waals surface area contributed by atoms with Crippen LogP contribution in [0.5, 0.6) is 11.5 Å². The van der Waals surface area contributed by atoms with Gasteiger partial charge in [-0.2, -0.15) is 0 Å². The second-order valence-electron chi connectivity index (χ2n) is 7.76. The van der Waals surface area contributed by atoms with E-state index in [-0.39, 0.29) is 0 Å². The lowest BCUT2D eigenvalue weighted by Gasteiger charge is -2.27. The molecule has 1 aromatic heterocycles. The first-order valence-corrected chi connectivity index (χ1v) is 10.8. The maximum Gasteiger partial charge on any atom is 0.316 e. The number of anilines is 2. The van der Waals surface area contributed by atoms with Crippen LogP contribution in [0.25, 0.3) is 22.2 Å². The predicted octanol–water partition coefficient (Wildman–Crippen LogP) is 4.56. The van der Waals surface area contributed by atoms with Crippen LogP contribution < -0.4 is 20.7 Å². The number of hydrogen-bond acceptors (Lipinski definition) is 6. The number of halogens is 1. The molecular weight excluding hydrogens is 437 g/mol. The van der Waals surface area contributed by atoms with Crippen molar-refractivity contribution in [2.24, 2.45) is 5.73 Å². The topological polar surface area (TPSA) is 103 Å². The number of urea groups is 1. The minimum Gasteiger partial charge on any atom is -0.457 e. The third-order valence-corrected chi connectivity index (χ3v) is 5.46. The van der Waals surface area contributed by atoms with Crippen LogP contribution in [0.1, 0.15) is 0 Å². The summed E-state index contributed by atoms with van der Waals surface area (Å²) in [5.41, 5.74) is 8.22. The van der Waals surface area contributed by atoms with E-state index in [1.54, 1.807) is 48.7 Å². The molecule has 0 bridgehead atoms. The number of morpholine rings is 1. The van der Waals surface area contributed by atoms with Crippen LogP contribution in [-0.2, 0) is 4.74 Å².